The van der Waals surface area contributed by atoms with Crippen LogP contribution >= 0.6 is 15.9 Å². The quantitative estimate of drug-likeness (QED) is 0.785. The smallest absolute Gasteiger partial charge is 0.355 e. The number of rotatable bonds is 2. The Morgan fingerprint density at radius 3 is 3.13 bits per heavy atom. The van der Waals surface area contributed by atoms with Gasteiger partial charge in [-0.25, -0.2) is 9.78 Å². The number of imidazole rings is 1. The van der Waals surface area contributed by atoms with Gasteiger partial charge in [0.05, 0.1) is 12.8 Å². The van der Waals surface area contributed by atoms with E-state index in [2.05, 4.69) is 20.9 Å². The van der Waals surface area contributed by atoms with E-state index in [0.29, 0.717) is 17.9 Å². The molecule has 0 aliphatic rings. The summed E-state index contributed by atoms with van der Waals surface area (Å²) in [6.07, 6.45) is 1.65. The van der Waals surface area contributed by atoms with Gasteiger partial charge in [-0.15, -0.1) is 0 Å². The van der Waals surface area contributed by atoms with Gasteiger partial charge in [-0.2, -0.15) is 0 Å². The molecular formula is C10H9BrN2O2. The lowest BCUT2D eigenvalue weighted by molar-refractivity contribution is 0.0517. The molecule has 0 aliphatic heterocycles. The number of esters is 1. The fourth-order valence-corrected chi connectivity index (χ4v) is 1.84. The average molecular weight is 269 g/mol. The second-order valence-electron chi connectivity index (χ2n) is 2.91. The van der Waals surface area contributed by atoms with Crippen LogP contribution in [0.15, 0.2) is 29.0 Å². The van der Waals surface area contributed by atoms with Gasteiger partial charge in [-0.05, 0) is 35.0 Å². The van der Waals surface area contributed by atoms with E-state index in [1.807, 2.05) is 6.07 Å². The van der Waals surface area contributed by atoms with Crippen molar-refractivity contribution in [2.45, 2.75) is 6.92 Å². The molecule has 0 N–H and O–H groups in total. The van der Waals surface area contributed by atoms with Crippen molar-refractivity contribution in [1.29, 1.82) is 0 Å². The Morgan fingerprint density at radius 1 is 1.60 bits per heavy atom. The van der Waals surface area contributed by atoms with Crippen molar-refractivity contribution in [3.63, 3.8) is 0 Å². The highest BCUT2D eigenvalue weighted by Gasteiger charge is 2.12. The molecule has 15 heavy (non-hydrogen) atoms. The molecule has 2 heterocycles. The van der Waals surface area contributed by atoms with Crippen LogP contribution in [0.5, 0.6) is 0 Å². The lowest BCUT2D eigenvalue weighted by Gasteiger charge is -2.05. The largest absolute Gasteiger partial charge is 0.461 e. The minimum Gasteiger partial charge on any atom is -0.461 e. The summed E-state index contributed by atoms with van der Waals surface area (Å²) < 4.78 is 7.40. The van der Waals surface area contributed by atoms with Gasteiger partial charge in [-0.3, -0.25) is 4.40 Å². The Bertz CT molecular complexity index is 507. The van der Waals surface area contributed by atoms with Crippen molar-refractivity contribution in [1.82, 2.24) is 9.38 Å². The number of fused-ring (bicyclic) bond motifs is 1. The maximum atomic E-state index is 11.6. The molecule has 78 valence electrons. The minimum atomic E-state index is -0.346. The predicted molar refractivity (Wildman–Crippen MR) is 58.8 cm³/mol. The van der Waals surface area contributed by atoms with E-state index in [1.54, 1.807) is 29.7 Å². The van der Waals surface area contributed by atoms with E-state index in [-0.39, 0.29) is 5.97 Å². The number of ether oxygens (including phenoxy) is 1. The number of hydrogen-bond acceptors (Lipinski definition) is 3. The van der Waals surface area contributed by atoms with Crippen molar-refractivity contribution in [2.75, 3.05) is 6.61 Å². The van der Waals surface area contributed by atoms with Crippen LogP contribution in [0.2, 0.25) is 0 Å². The van der Waals surface area contributed by atoms with Gasteiger partial charge in [0.25, 0.3) is 0 Å². The van der Waals surface area contributed by atoms with Crippen molar-refractivity contribution >= 4 is 27.5 Å². The monoisotopic (exact) mass is 268 g/mol. The van der Waals surface area contributed by atoms with Crippen molar-refractivity contribution in [3.05, 3.63) is 34.7 Å². The third-order valence-electron chi connectivity index (χ3n) is 1.97. The van der Waals surface area contributed by atoms with E-state index in [9.17, 15) is 4.79 Å². The van der Waals surface area contributed by atoms with Crippen LogP contribution in [0.4, 0.5) is 0 Å². The number of halogens is 1. The molecule has 0 radical (unpaired) electrons. The standard InChI is InChI=1S/C10H9BrN2O2/c1-2-15-10(14)7-4-3-5-9-12-6-8(11)13(7)9/h3-6H,2H2,1H3. The van der Waals surface area contributed by atoms with Gasteiger partial charge in [0.2, 0.25) is 0 Å². The summed E-state index contributed by atoms with van der Waals surface area (Å²) in [6, 6.07) is 5.31. The fourth-order valence-electron chi connectivity index (χ4n) is 1.36. The molecule has 4 nitrogen and oxygen atoms in total. The number of pyridine rings is 1. The molecule has 2 rings (SSSR count). The maximum absolute atomic E-state index is 11.6. The van der Waals surface area contributed by atoms with Gasteiger partial charge in [-0.1, -0.05) is 6.07 Å². The summed E-state index contributed by atoms with van der Waals surface area (Å²) in [4.78, 5) is 15.7. The molecule has 2 aromatic rings. The van der Waals surface area contributed by atoms with E-state index in [1.165, 1.54) is 0 Å². The summed E-state index contributed by atoms with van der Waals surface area (Å²) >= 11 is 3.33. The third-order valence-corrected chi connectivity index (χ3v) is 2.53. The van der Waals surface area contributed by atoms with Gasteiger partial charge >= 0.3 is 5.97 Å². The van der Waals surface area contributed by atoms with Crippen LogP contribution in [-0.4, -0.2) is 22.0 Å². The molecule has 0 spiro atoms. The lowest BCUT2D eigenvalue weighted by atomic mass is 10.3. The number of carbonyl (C=O) groups is 1. The molecule has 0 amide bonds. The summed E-state index contributed by atoms with van der Waals surface area (Å²) in [5, 5.41) is 0. The molecule has 0 bridgehead atoms. The zero-order valence-electron chi connectivity index (χ0n) is 8.11. The highest BCUT2D eigenvalue weighted by Crippen LogP contribution is 2.16. The molecule has 0 fully saturated rings. The highest BCUT2D eigenvalue weighted by molar-refractivity contribution is 9.10. The molecule has 0 unspecified atom stereocenters. The summed E-state index contributed by atoms with van der Waals surface area (Å²) in [6.45, 7) is 2.14. The van der Waals surface area contributed by atoms with Crippen molar-refractivity contribution in [3.8, 4) is 0 Å². The second-order valence-corrected chi connectivity index (χ2v) is 3.72. The molecule has 0 saturated heterocycles. The van der Waals surface area contributed by atoms with Gasteiger partial charge in [0.15, 0.2) is 0 Å². The lowest BCUT2D eigenvalue weighted by Crippen LogP contribution is -2.10. The van der Waals surface area contributed by atoms with Crippen molar-refractivity contribution in [2.24, 2.45) is 0 Å². The molecule has 0 aliphatic carbocycles. The van der Waals surface area contributed by atoms with E-state index >= 15 is 0 Å². The first-order chi connectivity index (χ1) is 7.24. The minimum absolute atomic E-state index is 0.346. The fraction of sp³-hybridized carbons (Fsp3) is 0.200. The average Bonchev–Trinajstić information content (AvgIpc) is 2.61. The Kier molecular flexibility index (Phi) is 2.73. The van der Waals surface area contributed by atoms with Crippen LogP contribution in [0, 0.1) is 0 Å². The van der Waals surface area contributed by atoms with Gasteiger partial charge < -0.3 is 4.74 Å². The van der Waals surface area contributed by atoms with Crippen LogP contribution in [0.1, 0.15) is 17.4 Å². The first kappa shape index (κ1) is 10.2. The first-order valence-corrected chi connectivity index (χ1v) is 5.32. The molecule has 5 heteroatoms. The SMILES string of the molecule is CCOC(=O)c1cccc2ncc(Br)n12. The Morgan fingerprint density at radius 2 is 2.40 bits per heavy atom. The number of nitrogens with zero attached hydrogens (tertiary/aromatic N) is 2. The Hall–Kier alpha value is -1.36. The molecule has 2 aromatic heterocycles. The van der Waals surface area contributed by atoms with Crippen LogP contribution in [0.25, 0.3) is 5.65 Å². The van der Waals surface area contributed by atoms with Crippen LogP contribution < -0.4 is 0 Å². The summed E-state index contributed by atoms with van der Waals surface area (Å²) in [5.41, 5.74) is 1.19. The summed E-state index contributed by atoms with van der Waals surface area (Å²) in [7, 11) is 0. The van der Waals surface area contributed by atoms with Crippen LogP contribution in [0.3, 0.4) is 0 Å². The second kappa shape index (κ2) is 4.02. The molecule has 0 aromatic carbocycles. The Labute approximate surface area is 95.0 Å². The van der Waals surface area contributed by atoms with E-state index in [4.69, 9.17) is 4.74 Å². The van der Waals surface area contributed by atoms with Gasteiger partial charge in [0.1, 0.15) is 15.9 Å². The predicted octanol–water partition coefficient (Wildman–Crippen LogP) is 2.27. The third kappa shape index (κ3) is 1.74. The summed E-state index contributed by atoms with van der Waals surface area (Å²) in [5.74, 6) is -0.346. The van der Waals surface area contributed by atoms with E-state index < -0.39 is 0 Å². The normalized spacial score (nSPS) is 10.5. The Balaban J connectivity index is 2.59. The first-order valence-electron chi connectivity index (χ1n) is 4.53. The molecule has 0 atom stereocenters. The number of aromatic nitrogens is 2. The molecular weight excluding hydrogens is 260 g/mol. The van der Waals surface area contributed by atoms with E-state index in [0.717, 1.165) is 4.60 Å². The zero-order chi connectivity index (χ0) is 10.8. The topological polar surface area (TPSA) is 43.6 Å². The van der Waals surface area contributed by atoms with Crippen molar-refractivity contribution < 1.29 is 9.53 Å². The number of carbonyl (C=O) groups excluding carboxylic acids is 1. The number of hydrogen-bond donors (Lipinski definition) is 0. The van der Waals surface area contributed by atoms with Gasteiger partial charge in [0, 0.05) is 0 Å². The zero-order valence-corrected chi connectivity index (χ0v) is 9.69. The van der Waals surface area contributed by atoms with Crippen LogP contribution in [-0.2, 0) is 4.74 Å². The molecule has 0 saturated carbocycles. The maximum Gasteiger partial charge on any atom is 0.355 e. The highest BCUT2D eigenvalue weighted by atomic mass is 79.9.